The second-order valence-corrected chi connectivity index (χ2v) is 5.50. The monoisotopic (exact) mass is 270 g/mol. The Labute approximate surface area is 118 Å². The zero-order valence-corrected chi connectivity index (χ0v) is 11.6. The molecule has 1 aliphatic heterocycles. The molecule has 0 aromatic rings. The van der Waals surface area contributed by atoms with E-state index >= 15 is 0 Å². The van der Waals surface area contributed by atoms with E-state index in [1.165, 1.54) is 0 Å². The Morgan fingerprint density at radius 2 is 2.20 bits per heavy atom. The molecule has 0 radical (unpaired) electrons. The van der Waals surface area contributed by atoms with E-state index in [-0.39, 0.29) is 23.7 Å². The molecule has 0 aromatic carbocycles. The van der Waals surface area contributed by atoms with Crippen molar-refractivity contribution >= 4 is 17.5 Å². The first-order valence-electron chi connectivity index (χ1n) is 7.21. The van der Waals surface area contributed by atoms with Gasteiger partial charge in [0, 0.05) is 23.6 Å². The number of rotatable bonds is 2. The predicted molar refractivity (Wildman–Crippen MR) is 77.0 cm³/mol. The second-order valence-electron chi connectivity index (χ2n) is 5.50. The molecule has 4 nitrogen and oxygen atoms in total. The molecule has 1 unspecified atom stereocenters. The summed E-state index contributed by atoms with van der Waals surface area (Å²) in [4.78, 5) is 27.7. The van der Waals surface area contributed by atoms with Gasteiger partial charge in [-0.05, 0) is 31.4 Å². The molecule has 3 aliphatic rings. The van der Waals surface area contributed by atoms with Crippen LogP contribution in [0.4, 0.5) is 0 Å². The highest BCUT2D eigenvalue weighted by molar-refractivity contribution is 6.11. The number of fused-ring (bicyclic) bond motifs is 1. The van der Waals surface area contributed by atoms with Gasteiger partial charge < -0.3 is 5.32 Å². The Morgan fingerprint density at radius 3 is 2.85 bits per heavy atom. The quantitative estimate of drug-likeness (QED) is 0.837. The first-order valence-corrected chi connectivity index (χ1v) is 7.21. The largest absolute Gasteiger partial charge is 0.325 e. The van der Waals surface area contributed by atoms with Gasteiger partial charge >= 0.3 is 0 Å². The van der Waals surface area contributed by atoms with E-state index in [9.17, 15) is 9.59 Å². The van der Waals surface area contributed by atoms with Gasteiger partial charge in [-0.2, -0.15) is 0 Å². The van der Waals surface area contributed by atoms with Crippen LogP contribution in [-0.2, 0) is 9.59 Å². The summed E-state index contributed by atoms with van der Waals surface area (Å²) < 4.78 is 0. The maximum Gasteiger partial charge on any atom is 0.249 e. The lowest BCUT2D eigenvalue weighted by atomic mass is 9.84. The normalized spacial score (nSPS) is 27.4. The Hall–Kier alpha value is -1.97. The van der Waals surface area contributed by atoms with E-state index in [4.69, 9.17) is 0 Å². The summed E-state index contributed by atoms with van der Waals surface area (Å²) in [5, 5.41) is 2.85. The van der Waals surface area contributed by atoms with E-state index in [1.807, 2.05) is 25.2 Å². The number of carbonyl (C=O) groups excluding carboxylic acids is 2. The number of amides is 2. The molecule has 0 bridgehead atoms. The topological polar surface area (TPSA) is 58.5 Å². The van der Waals surface area contributed by atoms with Crippen molar-refractivity contribution in [3.8, 4) is 0 Å². The van der Waals surface area contributed by atoms with Gasteiger partial charge in [-0.15, -0.1) is 0 Å². The fourth-order valence-electron chi connectivity index (χ4n) is 2.73. The minimum Gasteiger partial charge on any atom is -0.325 e. The van der Waals surface area contributed by atoms with Crippen LogP contribution in [0.15, 0.2) is 40.6 Å². The molecule has 0 aromatic heterocycles. The van der Waals surface area contributed by atoms with Crippen LogP contribution in [-0.4, -0.2) is 17.5 Å². The second kappa shape index (κ2) is 5.19. The summed E-state index contributed by atoms with van der Waals surface area (Å²) in [6, 6.07) is 0. The lowest BCUT2D eigenvalue weighted by Gasteiger charge is -2.27. The van der Waals surface area contributed by atoms with Gasteiger partial charge in [-0.3, -0.25) is 9.59 Å². The minimum atomic E-state index is -0.0932. The zero-order valence-electron chi connectivity index (χ0n) is 11.6. The highest BCUT2D eigenvalue weighted by Gasteiger charge is 2.27. The third kappa shape index (κ3) is 2.38. The molecule has 1 saturated carbocycles. The van der Waals surface area contributed by atoms with Crippen LogP contribution in [0.2, 0.25) is 0 Å². The third-order valence-corrected chi connectivity index (χ3v) is 4.18. The Morgan fingerprint density at radius 1 is 1.40 bits per heavy atom. The Kier molecular flexibility index (Phi) is 3.38. The smallest absolute Gasteiger partial charge is 0.249 e. The summed E-state index contributed by atoms with van der Waals surface area (Å²) in [5.41, 5.74) is 2.57. The first kappa shape index (κ1) is 13.0. The van der Waals surface area contributed by atoms with Crippen molar-refractivity contribution in [2.75, 3.05) is 0 Å². The molecular weight excluding hydrogens is 252 g/mol. The van der Waals surface area contributed by atoms with Gasteiger partial charge in [0.25, 0.3) is 0 Å². The predicted octanol–water partition coefficient (Wildman–Crippen LogP) is 2.29. The molecule has 4 heteroatoms. The molecular formula is C16H18N2O2. The van der Waals surface area contributed by atoms with Crippen LogP contribution in [0.5, 0.6) is 0 Å². The minimum absolute atomic E-state index is 0.0282. The molecule has 1 N–H and O–H groups in total. The van der Waals surface area contributed by atoms with E-state index in [0.717, 1.165) is 37.0 Å². The highest BCUT2D eigenvalue weighted by Crippen LogP contribution is 2.30. The number of nitrogens with one attached hydrogen (secondary N) is 1. The summed E-state index contributed by atoms with van der Waals surface area (Å²) in [6.45, 7) is 2.04. The number of allylic oxidation sites excluding steroid dienone is 3. The van der Waals surface area contributed by atoms with Crippen LogP contribution >= 0.6 is 0 Å². The van der Waals surface area contributed by atoms with Crippen molar-refractivity contribution in [2.24, 2.45) is 16.8 Å². The average Bonchev–Trinajstić information content (AvgIpc) is 2.34. The molecule has 1 heterocycles. The summed E-state index contributed by atoms with van der Waals surface area (Å²) >= 11 is 0. The summed E-state index contributed by atoms with van der Waals surface area (Å²) in [6.07, 6.45) is 11.3. The van der Waals surface area contributed by atoms with Crippen LogP contribution in [0.1, 0.15) is 32.6 Å². The molecule has 0 saturated heterocycles. The molecule has 3 rings (SSSR count). The van der Waals surface area contributed by atoms with Gasteiger partial charge in [-0.25, -0.2) is 4.99 Å². The fraction of sp³-hybridized carbons (Fsp3) is 0.438. The molecule has 1 fully saturated rings. The van der Waals surface area contributed by atoms with Crippen molar-refractivity contribution < 1.29 is 9.59 Å². The lowest BCUT2D eigenvalue weighted by molar-refractivity contribution is -0.123. The van der Waals surface area contributed by atoms with Gasteiger partial charge in [0.15, 0.2) is 0 Å². The molecule has 104 valence electrons. The summed E-state index contributed by atoms with van der Waals surface area (Å²) in [5.74, 6) is 0.110. The van der Waals surface area contributed by atoms with Crippen molar-refractivity contribution in [2.45, 2.75) is 32.6 Å². The number of hydrogen-bond acceptors (Lipinski definition) is 2. The maximum absolute atomic E-state index is 11.9. The number of nitrogens with zero attached hydrogens (tertiary/aromatic N) is 1. The number of hydrogen-bond donors (Lipinski definition) is 1. The van der Waals surface area contributed by atoms with Crippen LogP contribution in [0.3, 0.4) is 0 Å². The van der Waals surface area contributed by atoms with Gasteiger partial charge in [0.05, 0.1) is 5.71 Å². The van der Waals surface area contributed by atoms with E-state index in [0.29, 0.717) is 5.71 Å². The van der Waals surface area contributed by atoms with Crippen molar-refractivity contribution in [3.05, 3.63) is 35.6 Å². The first-order chi connectivity index (χ1) is 9.67. The van der Waals surface area contributed by atoms with Crippen LogP contribution < -0.4 is 5.32 Å². The van der Waals surface area contributed by atoms with Gasteiger partial charge in [0.2, 0.25) is 11.8 Å². The van der Waals surface area contributed by atoms with Crippen molar-refractivity contribution in [1.29, 1.82) is 0 Å². The fourth-order valence-corrected chi connectivity index (χ4v) is 2.73. The van der Waals surface area contributed by atoms with Gasteiger partial charge in [-0.1, -0.05) is 25.0 Å². The maximum atomic E-state index is 11.9. The van der Waals surface area contributed by atoms with E-state index < -0.39 is 0 Å². The van der Waals surface area contributed by atoms with Crippen molar-refractivity contribution in [1.82, 2.24) is 5.32 Å². The number of aliphatic imine (C=N–C) groups is 1. The van der Waals surface area contributed by atoms with Crippen molar-refractivity contribution in [3.63, 3.8) is 0 Å². The highest BCUT2D eigenvalue weighted by atomic mass is 16.2. The molecule has 0 spiro atoms. The Balaban J connectivity index is 1.82. The third-order valence-electron chi connectivity index (χ3n) is 4.18. The van der Waals surface area contributed by atoms with Gasteiger partial charge in [0.1, 0.15) is 0 Å². The molecule has 2 aliphatic carbocycles. The Bertz CT molecular complexity index is 577. The molecule has 1 atom stereocenters. The van der Waals surface area contributed by atoms with Crippen LogP contribution in [0.25, 0.3) is 0 Å². The van der Waals surface area contributed by atoms with E-state index in [1.54, 1.807) is 6.08 Å². The van der Waals surface area contributed by atoms with Crippen LogP contribution in [0, 0.1) is 11.8 Å². The average molecular weight is 270 g/mol. The van der Waals surface area contributed by atoms with E-state index in [2.05, 4.69) is 10.3 Å². The molecule has 2 amide bonds. The molecule has 20 heavy (non-hydrogen) atoms. The lowest BCUT2D eigenvalue weighted by Crippen LogP contribution is -2.33. The standard InChI is InChI=1S/C16H18N2O2/c1-2-10-8-15(19)18-14-9-12(6-7-13(10)14)17-16(20)11-4-3-5-11/h6-9,11,13H,2-5H2,1H3,(H,18,19). The SMILES string of the molecule is CCC1=CC(=O)NC2=CC(=NC(=O)C3CCC3)C=CC12. The number of carbonyl (C=O) groups is 2. The zero-order chi connectivity index (χ0) is 14.1. The summed E-state index contributed by atoms with van der Waals surface area (Å²) in [7, 11) is 0.